The van der Waals surface area contributed by atoms with Crippen LogP contribution in [0.5, 0.6) is 0 Å². The largest absolute Gasteiger partial charge is 0.388 e. The molecule has 0 heterocycles. The van der Waals surface area contributed by atoms with E-state index in [1.165, 1.54) is 0 Å². The first kappa shape index (κ1) is 13.5. The van der Waals surface area contributed by atoms with Gasteiger partial charge in [0.1, 0.15) is 0 Å². The third-order valence-corrected chi connectivity index (χ3v) is 3.57. The lowest BCUT2D eigenvalue weighted by atomic mass is 9.99. The average molecular weight is 228 g/mol. The normalized spacial score (nSPS) is 19.8. The Morgan fingerprint density at radius 1 is 1.44 bits per heavy atom. The van der Waals surface area contributed by atoms with Gasteiger partial charge in [-0.15, -0.1) is 0 Å². The zero-order valence-electron chi connectivity index (χ0n) is 10.8. The molecule has 0 aromatic heterocycles. The average Bonchev–Trinajstić information content (AvgIpc) is 2.63. The van der Waals surface area contributed by atoms with Gasteiger partial charge in [-0.05, 0) is 33.7 Å². The van der Waals surface area contributed by atoms with Gasteiger partial charge >= 0.3 is 0 Å². The minimum absolute atomic E-state index is 0.0234. The van der Waals surface area contributed by atoms with Crippen molar-refractivity contribution < 1.29 is 9.90 Å². The molecule has 4 nitrogen and oxygen atoms in total. The number of aliphatic hydroxyl groups is 1. The van der Waals surface area contributed by atoms with Gasteiger partial charge in [-0.2, -0.15) is 0 Å². The molecule has 1 amide bonds. The molecule has 0 aromatic carbocycles. The van der Waals surface area contributed by atoms with Crippen molar-refractivity contribution in [2.45, 2.75) is 50.7 Å². The molecule has 0 atom stereocenters. The Morgan fingerprint density at radius 3 is 2.38 bits per heavy atom. The summed E-state index contributed by atoms with van der Waals surface area (Å²) in [5.74, 6) is 0.0234. The maximum Gasteiger partial charge on any atom is 0.242 e. The summed E-state index contributed by atoms with van der Waals surface area (Å²) in [6.07, 6.45) is 3.75. The molecule has 4 heteroatoms. The van der Waals surface area contributed by atoms with Crippen molar-refractivity contribution in [3.8, 4) is 0 Å². The minimum atomic E-state index is -0.659. The second-order valence-corrected chi connectivity index (χ2v) is 5.47. The molecular weight excluding hydrogens is 204 g/mol. The quantitative estimate of drug-likeness (QED) is 0.746. The lowest BCUT2D eigenvalue weighted by Gasteiger charge is -2.33. The Labute approximate surface area is 98.0 Å². The van der Waals surface area contributed by atoms with Gasteiger partial charge in [0.2, 0.25) is 5.91 Å². The highest BCUT2D eigenvalue weighted by atomic mass is 16.3. The van der Waals surface area contributed by atoms with Gasteiger partial charge < -0.3 is 15.3 Å². The molecule has 0 bridgehead atoms. The van der Waals surface area contributed by atoms with Crippen LogP contribution in [-0.4, -0.2) is 47.7 Å². The monoisotopic (exact) mass is 228 g/mol. The molecule has 1 rings (SSSR count). The van der Waals surface area contributed by atoms with Crippen LogP contribution in [0.15, 0.2) is 0 Å². The highest BCUT2D eigenvalue weighted by Gasteiger charge is 2.36. The van der Waals surface area contributed by atoms with E-state index in [4.69, 9.17) is 0 Å². The molecule has 0 aliphatic heterocycles. The van der Waals surface area contributed by atoms with Gasteiger partial charge in [0.25, 0.3) is 0 Å². The van der Waals surface area contributed by atoms with E-state index >= 15 is 0 Å². The second-order valence-electron chi connectivity index (χ2n) is 5.47. The molecule has 1 fully saturated rings. The summed E-state index contributed by atoms with van der Waals surface area (Å²) in [5, 5.41) is 13.2. The van der Waals surface area contributed by atoms with E-state index in [1.807, 2.05) is 13.8 Å². The lowest BCUT2D eigenvalue weighted by Crippen LogP contribution is -2.54. The van der Waals surface area contributed by atoms with Crippen molar-refractivity contribution in [3.63, 3.8) is 0 Å². The van der Waals surface area contributed by atoms with E-state index in [1.54, 1.807) is 19.0 Å². The van der Waals surface area contributed by atoms with Crippen LogP contribution in [-0.2, 0) is 4.79 Å². The van der Waals surface area contributed by atoms with Crippen LogP contribution in [0.25, 0.3) is 0 Å². The second kappa shape index (κ2) is 4.72. The summed E-state index contributed by atoms with van der Waals surface area (Å²) in [5.41, 5.74) is -1.22. The van der Waals surface area contributed by atoms with Crippen molar-refractivity contribution >= 4 is 5.91 Å². The fraction of sp³-hybridized carbons (Fsp3) is 0.917. The minimum Gasteiger partial charge on any atom is -0.388 e. The van der Waals surface area contributed by atoms with Gasteiger partial charge in [0.15, 0.2) is 0 Å². The highest BCUT2D eigenvalue weighted by molar-refractivity contribution is 5.85. The fourth-order valence-corrected chi connectivity index (χ4v) is 2.29. The van der Waals surface area contributed by atoms with Crippen LogP contribution >= 0.6 is 0 Å². The van der Waals surface area contributed by atoms with E-state index in [9.17, 15) is 9.90 Å². The van der Waals surface area contributed by atoms with Crippen molar-refractivity contribution in [1.82, 2.24) is 10.2 Å². The Balaban J connectivity index is 2.58. The van der Waals surface area contributed by atoms with Crippen molar-refractivity contribution in [1.29, 1.82) is 0 Å². The Morgan fingerprint density at radius 2 is 1.94 bits per heavy atom. The van der Waals surface area contributed by atoms with E-state index in [-0.39, 0.29) is 5.91 Å². The number of carbonyl (C=O) groups excluding carboxylic acids is 1. The van der Waals surface area contributed by atoms with E-state index in [2.05, 4.69) is 5.32 Å². The number of carbonyl (C=O) groups is 1. The van der Waals surface area contributed by atoms with Crippen molar-refractivity contribution in [2.24, 2.45) is 0 Å². The molecule has 1 aliphatic carbocycles. The number of rotatable bonds is 4. The van der Waals surface area contributed by atoms with E-state index in [0.29, 0.717) is 6.54 Å². The van der Waals surface area contributed by atoms with Crippen LogP contribution in [0.3, 0.4) is 0 Å². The number of nitrogens with one attached hydrogen (secondary N) is 1. The number of amides is 1. The molecular formula is C12H24N2O2. The topological polar surface area (TPSA) is 52.6 Å². The molecule has 16 heavy (non-hydrogen) atoms. The third-order valence-electron chi connectivity index (χ3n) is 3.57. The standard InChI is InChI=1S/C12H24N2O2/c1-11(2,13-3)10(15)14(4)9-12(16)7-5-6-8-12/h13,16H,5-9H2,1-4H3. The third kappa shape index (κ3) is 2.95. The zero-order chi connectivity index (χ0) is 12.4. The van der Waals surface area contributed by atoms with Crippen LogP contribution in [0.1, 0.15) is 39.5 Å². The first-order valence-corrected chi connectivity index (χ1v) is 5.98. The predicted octanol–water partition coefficient (Wildman–Crippen LogP) is 0.748. The Kier molecular flexibility index (Phi) is 3.97. The van der Waals surface area contributed by atoms with Gasteiger partial charge in [0, 0.05) is 13.6 Å². The summed E-state index contributed by atoms with van der Waals surface area (Å²) in [4.78, 5) is 13.7. The SMILES string of the molecule is CNC(C)(C)C(=O)N(C)CC1(O)CCCC1. The number of hydrogen-bond donors (Lipinski definition) is 2. The van der Waals surface area contributed by atoms with Crippen LogP contribution < -0.4 is 5.32 Å². The fourth-order valence-electron chi connectivity index (χ4n) is 2.29. The maximum atomic E-state index is 12.1. The first-order chi connectivity index (χ1) is 7.31. The van der Waals surface area contributed by atoms with Gasteiger partial charge in [0.05, 0.1) is 11.1 Å². The van der Waals surface area contributed by atoms with E-state index < -0.39 is 11.1 Å². The lowest BCUT2D eigenvalue weighted by molar-refractivity contribution is -0.138. The zero-order valence-corrected chi connectivity index (χ0v) is 10.8. The van der Waals surface area contributed by atoms with E-state index in [0.717, 1.165) is 25.7 Å². The molecule has 1 saturated carbocycles. The smallest absolute Gasteiger partial charge is 0.242 e. The summed E-state index contributed by atoms with van der Waals surface area (Å²) in [6.45, 7) is 4.14. The Hall–Kier alpha value is -0.610. The summed E-state index contributed by atoms with van der Waals surface area (Å²) in [6, 6.07) is 0. The molecule has 2 N–H and O–H groups in total. The van der Waals surface area contributed by atoms with Crippen molar-refractivity contribution in [3.05, 3.63) is 0 Å². The van der Waals surface area contributed by atoms with Gasteiger partial charge in [-0.3, -0.25) is 4.79 Å². The van der Waals surface area contributed by atoms with Crippen LogP contribution in [0, 0.1) is 0 Å². The molecule has 0 saturated heterocycles. The van der Waals surface area contributed by atoms with Crippen LogP contribution in [0.2, 0.25) is 0 Å². The summed E-state index contributed by atoms with van der Waals surface area (Å²) in [7, 11) is 3.54. The summed E-state index contributed by atoms with van der Waals surface area (Å²) < 4.78 is 0. The van der Waals surface area contributed by atoms with Gasteiger partial charge in [-0.1, -0.05) is 12.8 Å². The number of likely N-dealkylation sites (N-methyl/N-ethyl adjacent to an activating group) is 2. The molecule has 94 valence electrons. The molecule has 0 unspecified atom stereocenters. The molecule has 0 aromatic rings. The number of nitrogens with zero attached hydrogens (tertiary/aromatic N) is 1. The van der Waals surface area contributed by atoms with Crippen molar-refractivity contribution in [2.75, 3.05) is 20.6 Å². The highest BCUT2D eigenvalue weighted by Crippen LogP contribution is 2.30. The summed E-state index contributed by atoms with van der Waals surface area (Å²) >= 11 is 0. The number of hydrogen-bond acceptors (Lipinski definition) is 3. The maximum absolute atomic E-state index is 12.1. The molecule has 0 spiro atoms. The van der Waals surface area contributed by atoms with Crippen LogP contribution in [0.4, 0.5) is 0 Å². The Bertz CT molecular complexity index is 258. The van der Waals surface area contributed by atoms with Gasteiger partial charge in [-0.25, -0.2) is 0 Å². The molecule has 1 aliphatic rings. The predicted molar refractivity (Wildman–Crippen MR) is 64.2 cm³/mol. The molecule has 0 radical (unpaired) electrons. The first-order valence-electron chi connectivity index (χ1n) is 5.98.